The van der Waals surface area contributed by atoms with Crippen molar-refractivity contribution in [2.45, 2.75) is 6.18 Å². The van der Waals surface area contributed by atoms with Gasteiger partial charge in [0, 0.05) is 5.39 Å². The summed E-state index contributed by atoms with van der Waals surface area (Å²) in [4.78, 5) is 26.3. The number of carbonyl (C=O) groups is 2. The number of amides is 1. The molecule has 0 spiro atoms. The van der Waals surface area contributed by atoms with Gasteiger partial charge in [-0.1, -0.05) is 17.0 Å². The van der Waals surface area contributed by atoms with E-state index in [4.69, 9.17) is 5.73 Å². The number of carbonyl (C=O) groups excluding carboxylic acids is 2. The second-order valence-electron chi connectivity index (χ2n) is 3.50. The first-order chi connectivity index (χ1) is 8.80. The lowest BCUT2D eigenvalue weighted by Gasteiger charge is -2.07. The molecular weight excluding hydrogens is 267 g/mol. The number of nitrogens with two attached hydrogens (primary N) is 1. The maximum absolute atomic E-state index is 12.1. The molecule has 0 radical (unpaired) electrons. The molecule has 0 aliphatic heterocycles. The molecule has 0 saturated carbocycles. The lowest BCUT2D eigenvalue weighted by Crippen LogP contribution is -2.34. The molecule has 6 nitrogen and oxygen atoms in total. The van der Waals surface area contributed by atoms with Crippen LogP contribution in [0.25, 0.3) is 10.9 Å². The van der Waals surface area contributed by atoms with Crippen LogP contribution >= 0.6 is 0 Å². The van der Waals surface area contributed by atoms with Crippen molar-refractivity contribution in [3.05, 3.63) is 30.0 Å². The first-order valence-electron chi connectivity index (χ1n) is 4.87. The number of hydrogen-bond acceptors (Lipinski definition) is 4. The minimum Gasteiger partial charge on any atom is -0.366 e. The van der Waals surface area contributed by atoms with E-state index in [1.54, 1.807) is 0 Å². The fourth-order valence-electron chi connectivity index (χ4n) is 1.45. The number of nitrogens with zero attached hydrogens (tertiary/aromatic N) is 2. The lowest BCUT2D eigenvalue weighted by molar-refractivity contribution is -0.200. The van der Waals surface area contributed by atoms with Crippen LogP contribution in [0.5, 0.6) is 0 Å². The summed E-state index contributed by atoms with van der Waals surface area (Å²) < 4.78 is 36.3. The number of fused-ring (bicyclic) bond motifs is 1. The zero-order valence-electron chi connectivity index (χ0n) is 9.14. The predicted molar refractivity (Wildman–Crippen MR) is 55.9 cm³/mol. The number of primary amides is 1. The van der Waals surface area contributed by atoms with Crippen LogP contribution in [0.4, 0.5) is 13.2 Å². The molecule has 0 saturated heterocycles. The summed E-state index contributed by atoms with van der Waals surface area (Å²) in [7, 11) is 0. The number of hydrogen-bond donors (Lipinski definition) is 1. The average molecular weight is 273 g/mol. The fraction of sp³-hybridized carbons (Fsp3) is 0.100. The van der Waals surface area contributed by atoms with Crippen LogP contribution in [0.3, 0.4) is 0 Å². The molecule has 2 aromatic rings. The lowest BCUT2D eigenvalue weighted by atomic mass is 10.1. The van der Waals surface area contributed by atoms with Gasteiger partial charge in [0.05, 0.1) is 11.8 Å². The van der Waals surface area contributed by atoms with Crippen molar-refractivity contribution in [1.82, 2.24) is 9.94 Å². The van der Waals surface area contributed by atoms with Crippen molar-refractivity contribution in [3.63, 3.8) is 0 Å². The Bertz CT molecular complexity index is 663. The Morgan fingerprint density at radius 3 is 2.58 bits per heavy atom. The Kier molecular flexibility index (Phi) is 2.89. The molecule has 0 fully saturated rings. The summed E-state index contributed by atoms with van der Waals surface area (Å²) in [5.41, 5.74) is 4.87. The van der Waals surface area contributed by atoms with Crippen molar-refractivity contribution in [2.24, 2.45) is 5.73 Å². The van der Waals surface area contributed by atoms with Gasteiger partial charge < -0.3 is 10.6 Å². The summed E-state index contributed by atoms with van der Waals surface area (Å²) in [5.74, 6) is -3.33. The number of benzene rings is 1. The van der Waals surface area contributed by atoms with E-state index < -0.39 is 18.1 Å². The number of halogens is 3. The van der Waals surface area contributed by atoms with Gasteiger partial charge in [-0.2, -0.15) is 13.2 Å². The van der Waals surface area contributed by atoms with Gasteiger partial charge in [0.2, 0.25) is 0 Å². The fourth-order valence-corrected chi connectivity index (χ4v) is 1.45. The number of alkyl halides is 3. The Morgan fingerprint density at radius 1 is 1.32 bits per heavy atom. The second-order valence-corrected chi connectivity index (χ2v) is 3.50. The van der Waals surface area contributed by atoms with Crippen LogP contribution in [-0.4, -0.2) is 28.0 Å². The normalized spacial score (nSPS) is 11.5. The largest absolute Gasteiger partial charge is 0.493 e. The molecule has 0 atom stereocenters. The molecule has 0 aliphatic carbocycles. The topological polar surface area (TPSA) is 87.2 Å². The van der Waals surface area contributed by atoms with Crippen LogP contribution in [0.15, 0.2) is 24.4 Å². The monoisotopic (exact) mass is 273 g/mol. The average Bonchev–Trinajstić information content (AvgIpc) is 2.71. The highest BCUT2D eigenvalue weighted by atomic mass is 19.4. The van der Waals surface area contributed by atoms with Gasteiger partial charge in [-0.25, -0.2) is 4.79 Å². The van der Waals surface area contributed by atoms with E-state index in [2.05, 4.69) is 9.94 Å². The van der Waals surface area contributed by atoms with Gasteiger partial charge in [0.1, 0.15) is 5.52 Å². The van der Waals surface area contributed by atoms with E-state index in [9.17, 15) is 22.8 Å². The molecule has 100 valence electrons. The molecule has 0 unspecified atom stereocenters. The Morgan fingerprint density at radius 2 is 2.00 bits per heavy atom. The summed E-state index contributed by atoms with van der Waals surface area (Å²) in [6, 6.07) is 4.23. The van der Waals surface area contributed by atoms with Crippen molar-refractivity contribution < 1.29 is 27.6 Å². The van der Waals surface area contributed by atoms with Crippen LogP contribution in [-0.2, 0) is 4.79 Å². The molecule has 2 N–H and O–H groups in total. The molecule has 1 aromatic carbocycles. The van der Waals surface area contributed by atoms with Gasteiger partial charge in [0.25, 0.3) is 5.91 Å². The highest BCUT2D eigenvalue weighted by molar-refractivity contribution is 6.04. The number of para-hydroxylation sites is 1. The van der Waals surface area contributed by atoms with Gasteiger partial charge in [-0.3, -0.25) is 4.79 Å². The smallest absolute Gasteiger partial charge is 0.366 e. The molecule has 1 aromatic heterocycles. The first kappa shape index (κ1) is 12.9. The zero-order valence-corrected chi connectivity index (χ0v) is 9.14. The van der Waals surface area contributed by atoms with E-state index >= 15 is 0 Å². The Hall–Kier alpha value is -2.58. The minimum atomic E-state index is -5.17. The molecule has 0 aliphatic rings. The van der Waals surface area contributed by atoms with Crippen molar-refractivity contribution in [1.29, 1.82) is 0 Å². The number of aromatic nitrogens is 2. The SMILES string of the molecule is NC(=O)c1cccc2cnn(OC(=O)C(F)(F)F)c12. The Balaban J connectivity index is 2.51. The minimum absolute atomic E-state index is 0.104. The predicted octanol–water partition coefficient (Wildman–Crippen LogP) is 0.653. The summed E-state index contributed by atoms with van der Waals surface area (Å²) in [5, 5.41) is 3.77. The van der Waals surface area contributed by atoms with E-state index in [1.165, 1.54) is 18.2 Å². The molecule has 1 amide bonds. The van der Waals surface area contributed by atoms with Crippen LogP contribution < -0.4 is 10.6 Å². The van der Waals surface area contributed by atoms with Gasteiger partial charge in [0.15, 0.2) is 0 Å². The van der Waals surface area contributed by atoms with Gasteiger partial charge in [-0.05, 0) is 6.07 Å². The van der Waals surface area contributed by atoms with E-state index in [-0.39, 0.29) is 11.1 Å². The highest BCUT2D eigenvalue weighted by Crippen LogP contribution is 2.19. The van der Waals surface area contributed by atoms with Gasteiger partial charge >= 0.3 is 12.1 Å². The van der Waals surface area contributed by atoms with E-state index in [0.717, 1.165) is 6.20 Å². The molecule has 1 heterocycles. The third-order valence-corrected chi connectivity index (χ3v) is 2.23. The van der Waals surface area contributed by atoms with Crippen molar-refractivity contribution in [3.8, 4) is 0 Å². The molecule has 2 rings (SSSR count). The van der Waals surface area contributed by atoms with E-state index in [0.29, 0.717) is 10.2 Å². The summed E-state index contributed by atoms with van der Waals surface area (Å²) >= 11 is 0. The van der Waals surface area contributed by atoms with Crippen LogP contribution in [0.2, 0.25) is 0 Å². The highest BCUT2D eigenvalue weighted by Gasteiger charge is 2.42. The summed E-state index contributed by atoms with van der Waals surface area (Å²) in [6.45, 7) is 0. The summed E-state index contributed by atoms with van der Waals surface area (Å²) in [6.07, 6.45) is -4.02. The zero-order chi connectivity index (χ0) is 14.2. The molecular formula is C10H6F3N3O3. The molecule has 9 heteroatoms. The number of rotatable bonds is 2. The Labute approximate surface area is 103 Å². The van der Waals surface area contributed by atoms with Gasteiger partial charge in [-0.15, -0.1) is 5.10 Å². The van der Waals surface area contributed by atoms with E-state index in [1.807, 2.05) is 0 Å². The molecule has 0 bridgehead atoms. The third kappa shape index (κ3) is 2.34. The maximum Gasteiger partial charge on any atom is 0.493 e. The van der Waals surface area contributed by atoms with Crippen LogP contribution in [0, 0.1) is 0 Å². The first-order valence-corrected chi connectivity index (χ1v) is 4.87. The van der Waals surface area contributed by atoms with Crippen molar-refractivity contribution >= 4 is 22.8 Å². The standard InChI is InChI=1S/C10H6F3N3O3/c11-10(12,13)9(18)19-16-7-5(4-15-16)2-1-3-6(7)8(14)17/h1-4H,(H2,14,17). The van der Waals surface area contributed by atoms with Crippen LogP contribution in [0.1, 0.15) is 10.4 Å². The van der Waals surface area contributed by atoms with Crippen molar-refractivity contribution in [2.75, 3.05) is 0 Å². The second kappa shape index (κ2) is 4.26. The molecule has 19 heavy (non-hydrogen) atoms. The quantitative estimate of drug-likeness (QED) is 0.870. The maximum atomic E-state index is 12.1. The third-order valence-electron chi connectivity index (χ3n) is 2.23.